The van der Waals surface area contributed by atoms with Gasteiger partial charge in [0.15, 0.2) is 0 Å². The normalized spacial score (nSPS) is 10.3. The molecule has 18 heavy (non-hydrogen) atoms. The Morgan fingerprint density at radius 2 is 2.11 bits per heavy atom. The number of benzene rings is 1. The van der Waals surface area contributed by atoms with Gasteiger partial charge in [0.05, 0.1) is 17.8 Å². The van der Waals surface area contributed by atoms with Crippen molar-refractivity contribution in [1.82, 2.24) is 5.32 Å². The number of nitrogen functional groups attached to an aromatic ring is 1. The zero-order valence-corrected chi connectivity index (χ0v) is 10.1. The summed E-state index contributed by atoms with van der Waals surface area (Å²) in [5.74, 6) is -2.42. The standard InChI is InChI=1S/C12H10F2N2OS/c13-9-5-10(14)11(15)4-8(9)12(17)16-6-7-2-1-3-18-7/h1-5H,6,15H2,(H,16,17). The third-order valence-electron chi connectivity index (χ3n) is 2.33. The fourth-order valence-corrected chi connectivity index (χ4v) is 2.06. The number of hydrogen-bond donors (Lipinski definition) is 2. The average Bonchev–Trinajstić information content (AvgIpc) is 2.84. The highest BCUT2D eigenvalue weighted by molar-refractivity contribution is 7.09. The summed E-state index contributed by atoms with van der Waals surface area (Å²) in [7, 11) is 0. The molecule has 0 radical (unpaired) electrons. The molecular formula is C12H10F2N2OS. The van der Waals surface area contributed by atoms with Crippen LogP contribution >= 0.6 is 11.3 Å². The lowest BCUT2D eigenvalue weighted by molar-refractivity contribution is 0.0947. The number of hydrogen-bond acceptors (Lipinski definition) is 3. The molecule has 0 fully saturated rings. The highest BCUT2D eigenvalue weighted by Gasteiger charge is 2.14. The molecule has 6 heteroatoms. The molecule has 1 heterocycles. The molecule has 1 aromatic heterocycles. The molecule has 3 nitrogen and oxygen atoms in total. The molecule has 2 aromatic rings. The van der Waals surface area contributed by atoms with E-state index in [0.29, 0.717) is 12.6 Å². The van der Waals surface area contributed by atoms with E-state index in [9.17, 15) is 13.6 Å². The minimum atomic E-state index is -0.926. The van der Waals surface area contributed by atoms with Gasteiger partial charge in [-0.2, -0.15) is 0 Å². The van der Waals surface area contributed by atoms with Crippen LogP contribution in [-0.2, 0) is 6.54 Å². The van der Waals surface area contributed by atoms with E-state index in [1.807, 2.05) is 17.5 Å². The second-order valence-electron chi connectivity index (χ2n) is 3.62. The van der Waals surface area contributed by atoms with Gasteiger partial charge < -0.3 is 11.1 Å². The lowest BCUT2D eigenvalue weighted by Gasteiger charge is -2.06. The summed E-state index contributed by atoms with van der Waals surface area (Å²) < 4.78 is 26.3. The van der Waals surface area contributed by atoms with E-state index >= 15 is 0 Å². The Morgan fingerprint density at radius 3 is 2.78 bits per heavy atom. The molecule has 0 unspecified atom stereocenters. The minimum absolute atomic E-state index is 0.252. The summed E-state index contributed by atoms with van der Waals surface area (Å²) in [4.78, 5) is 12.6. The lowest BCUT2D eigenvalue weighted by atomic mass is 10.1. The lowest BCUT2D eigenvalue weighted by Crippen LogP contribution is -2.23. The number of anilines is 1. The zero-order chi connectivity index (χ0) is 13.1. The van der Waals surface area contributed by atoms with Crippen molar-refractivity contribution in [3.8, 4) is 0 Å². The van der Waals surface area contributed by atoms with Gasteiger partial charge >= 0.3 is 0 Å². The van der Waals surface area contributed by atoms with E-state index in [4.69, 9.17) is 5.73 Å². The van der Waals surface area contributed by atoms with Crippen LogP contribution < -0.4 is 11.1 Å². The van der Waals surface area contributed by atoms with Crippen LogP contribution in [0.25, 0.3) is 0 Å². The number of thiophene rings is 1. The summed E-state index contributed by atoms with van der Waals surface area (Å²) in [6, 6.07) is 5.30. The Kier molecular flexibility index (Phi) is 3.57. The van der Waals surface area contributed by atoms with Crippen LogP contribution in [0, 0.1) is 11.6 Å². The average molecular weight is 268 g/mol. The Labute approximate surface area is 106 Å². The van der Waals surface area contributed by atoms with Gasteiger partial charge in [-0.05, 0) is 17.5 Å². The second kappa shape index (κ2) is 5.14. The van der Waals surface area contributed by atoms with E-state index < -0.39 is 17.5 Å². The van der Waals surface area contributed by atoms with Crippen molar-refractivity contribution < 1.29 is 13.6 Å². The van der Waals surface area contributed by atoms with Gasteiger partial charge in [-0.15, -0.1) is 11.3 Å². The Morgan fingerprint density at radius 1 is 1.33 bits per heavy atom. The van der Waals surface area contributed by atoms with Crippen LogP contribution in [0.4, 0.5) is 14.5 Å². The van der Waals surface area contributed by atoms with Crippen LogP contribution in [0.15, 0.2) is 29.6 Å². The third kappa shape index (κ3) is 2.65. The number of nitrogens with one attached hydrogen (secondary N) is 1. The molecule has 0 saturated carbocycles. The number of halogens is 2. The highest BCUT2D eigenvalue weighted by atomic mass is 32.1. The molecule has 0 saturated heterocycles. The van der Waals surface area contributed by atoms with Crippen molar-refractivity contribution in [2.45, 2.75) is 6.54 Å². The van der Waals surface area contributed by atoms with Gasteiger partial charge in [0.1, 0.15) is 11.6 Å². The molecule has 2 rings (SSSR count). The van der Waals surface area contributed by atoms with Crippen molar-refractivity contribution in [3.63, 3.8) is 0 Å². The molecule has 0 atom stereocenters. The quantitative estimate of drug-likeness (QED) is 0.840. The molecule has 0 spiro atoms. The maximum Gasteiger partial charge on any atom is 0.254 e. The Bertz CT molecular complexity index is 570. The smallest absolute Gasteiger partial charge is 0.254 e. The number of rotatable bonds is 3. The van der Waals surface area contributed by atoms with Crippen LogP contribution in [0.2, 0.25) is 0 Å². The first-order valence-corrected chi connectivity index (χ1v) is 6.01. The topological polar surface area (TPSA) is 55.1 Å². The van der Waals surface area contributed by atoms with E-state index in [1.54, 1.807) is 0 Å². The monoisotopic (exact) mass is 268 g/mol. The zero-order valence-electron chi connectivity index (χ0n) is 9.24. The van der Waals surface area contributed by atoms with Gasteiger partial charge in [-0.25, -0.2) is 8.78 Å². The van der Waals surface area contributed by atoms with Gasteiger partial charge in [0, 0.05) is 10.9 Å². The molecule has 0 bridgehead atoms. The van der Waals surface area contributed by atoms with Gasteiger partial charge in [0.25, 0.3) is 5.91 Å². The molecule has 0 aliphatic rings. The van der Waals surface area contributed by atoms with E-state index in [0.717, 1.165) is 10.9 Å². The Balaban J connectivity index is 2.11. The van der Waals surface area contributed by atoms with Crippen molar-refractivity contribution in [2.24, 2.45) is 0 Å². The summed E-state index contributed by atoms with van der Waals surface area (Å²) in [5, 5.41) is 4.42. The molecule has 1 amide bonds. The molecule has 0 aliphatic carbocycles. The molecular weight excluding hydrogens is 258 g/mol. The molecule has 0 aliphatic heterocycles. The van der Waals surface area contributed by atoms with Crippen LogP contribution in [0.3, 0.4) is 0 Å². The van der Waals surface area contributed by atoms with E-state index in [-0.39, 0.29) is 11.3 Å². The summed E-state index contributed by atoms with van der Waals surface area (Å²) in [6.45, 7) is 0.299. The summed E-state index contributed by atoms with van der Waals surface area (Å²) in [5.41, 5.74) is 4.79. The van der Waals surface area contributed by atoms with E-state index in [2.05, 4.69) is 5.32 Å². The number of amides is 1. The summed E-state index contributed by atoms with van der Waals surface area (Å²) in [6.07, 6.45) is 0. The summed E-state index contributed by atoms with van der Waals surface area (Å²) >= 11 is 1.48. The van der Waals surface area contributed by atoms with Crippen molar-refractivity contribution in [3.05, 3.63) is 51.7 Å². The number of carbonyl (C=O) groups is 1. The van der Waals surface area contributed by atoms with Gasteiger partial charge in [0.2, 0.25) is 0 Å². The SMILES string of the molecule is Nc1cc(C(=O)NCc2cccs2)c(F)cc1F. The maximum absolute atomic E-state index is 13.4. The van der Waals surface area contributed by atoms with Crippen molar-refractivity contribution in [2.75, 3.05) is 5.73 Å². The van der Waals surface area contributed by atoms with Crippen molar-refractivity contribution in [1.29, 1.82) is 0 Å². The predicted octanol–water partition coefficient (Wildman–Crippen LogP) is 2.54. The first-order valence-electron chi connectivity index (χ1n) is 5.13. The first kappa shape index (κ1) is 12.5. The Hall–Kier alpha value is -1.95. The third-order valence-corrected chi connectivity index (χ3v) is 3.21. The van der Waals surface area contributed by atoms with Crippen molar-refractivity contribution >= 4 is 22.9 Å². The second-order valence-corrected chi connectivity index (χ2v) is 4.65. The number of nitrogens with two attached hydrogens (primary N) is 1. The largest absolute Gasteiger partial charge is 0.396 e. The molecule has 3 N–H and O–H groups in total. The maximum atomic E-state index is 13.4. The number of carbonyl (C=O) groups excluding carboxylic acids is 1. The van der Waals surface area contributed by atoms with Crippen LogP contribution in [0.5, 0.6) is 0 Å². The van der Waals surface area contributed by atoms with E-state index in [1.165, 1.54) is 11.3 Å². The van der Waals surface area contributed by atoms with Crippen LogP contribution in [-0.4, -0.2) is 5.91 Å². The highest BCUT2D eigenvalue weighted by Crippen LogP contribution is 2.17. The first-order chi connectivity index (χ1) is 8.58. The van der Waals surface area contributed by atoms with Gasteiger partial charge in [-0.3, -0.25) is 4.79 Å². The fourth-order valence-electron chi connectivity index (χ4n) is 1.42. The minimum Gasteiger partial charge on any atom is -0.396 e. The van der Waals surface area contributed by atoms with Crippen LogP contribution in [0.1, 0.15) is 15.2 Å². The fraction of sp³-hybridized carbons (Fsp3) is 0.0833. The predicted molar refractivity (Wildman–Crippen MR) is 66.3 cm³/mol. The van der Waals surface area contributed by atoms with Gasteiger partial charge in [-0.1, -0.05) is 6.07 Å². The molecule has 1 aromatic carbocycles. The molecule has 94 valence electrons.